The highest BCUT2D eigenvalue weighted by Crippen LogP contribution is 2.58. The number of carboxylic acids is 1. The van der Waals surface area contributed by atoms with Crippen molar-refractivity contribution < 1.29 is 29.0 Å². The molecule has 0 saturated carbocycles. The van der Waals surface area contributed by atoms with Crippen molar-refractivity contribution in [3.63, 3.8) is 0 Å². The Morgan fingerprint density at radius 1 is 1.00 bits per heavy atom. The lowest BCUT2D eigenvalue weighted by Crippen LogP contribution is -2.45. The molecule has 24 heavy (non-hydrogen) atoms. The summed E-state index contributed by atoms with van der Waals surface area (Å²) in [4.78, 5) is 43.0. The largest absolute Gasteiger partial charge is 0.478 e. The summed E-state index contributed by atoms with van der Waals surface area (Å²) >= 11 is 0. The first-order chi connectivity index (χ1) is 11.2. The van der Waals surface area contributed by atoms with Gasteiger partial charge in [-0.3, -0.25) is 9.36 Å². The molecule has 126 valence electrons. The molecule has 0 aromatic heterocycles. The minimum absolute atomic E-state index is 0.0165. The first-order valence-corrected chi connectivity index (χ1v) is 8.53. The molecule has 2 aromatic carbocycles. The predicted molar refractivity (Wildman–Crippen MR) is 86.5 cm³/mol. The number of benzene rings is 2. The summed E-state index contributed by atoms with van der Waals surface area (Å²) in [5.74, 6) is -1.91. The molecule has 2 aromatic rings. The van der Waals surface area contributed by atoms with Crippen LogP contribution >= 0.6 is 7.60 Å². The maximum atomic E-state index is 12.4. The number of carbonyl (C=O) groups is 2. The Balaban J connectivity index is 2.84. The van der Waals surface area contributed by atoms with Crippen LogP contribution in [0.2, 0.25) is 0 Å². The Hall–Kier alpha value is -2.47. The number of carboxylic acid groups (broad SMARTS) is 1. The number of hydrogen-bond donors (Lipinski definition) is 4. The van der Waals surface area contributed by atoms with E-state index in [4.69, 9.17) is 5.11 Å². The smallest absolute Gasteiger partial charge is 0.359 e. The zero-order chi connectivity index (χ0) is 18.0. The molecule has 8 heteroatoms. The lowest BCUT2D eigenvalue weighted by atomic mass is 9.96. The van der Waals surface area contributed by atoms with Gasteiger partial charge in [0, 0.05) is 6.92 Å². The van der Waals surface area contributed by atoms with Gasteiger partial charge in [0.1, 0.15) is 0 Å². The molecule has 1 atom stereocenters. The summed E-state index contributed by atoms with van der Waals surface area (Å²) in [7, 11) is -4.98. The standard InChI is InChI=1S/C16H16NO6P/c1-11(18)17-16(24(21,22)23,13-7-3-2-4-8-13)14-9-5-6-12(10-14)15(19)20/h2-10H,1H3,(H,17,18)(H,19,20)(H2,21,22,23). The van der Waals surface area contributed by atoms with E-state index in [-0.39, 0.29) is 16.7 Å². The molecule has 0 saturated heterocycles. The monoisotopic (exact) mass is 349 g/mol. The van der Waals surface area contributed by atoms with Gasteiger partial charge in [-0.2, -0.15) is 0 Å². The molecule has 0 aliphatic heterocycles. The van der Waals surface area contributed by atoms with E-state index in [0.29, 0.717) is 0 Å². The number of hydrogen-bond acceptors (Lipinski definition) is 3. The molecule has 1 amide bonds. The summed E-state index contributed by atoms with van der Waals surface area (Å²) in [5.41, 5.74) is -0.0141. The van der Waals surface area contributed by atoms with Crippen molar-refractivity contribution in [1.29, 1.82) is 0 Å². The van der Waals surface area contributed by atoms with Gasteiger partial charge in [0.05, 0.1) is 5.56 Å². The van der Waals surface area contributed by atoms with Crippen LogP contribution in [0, 0.1) is 0 Å². The van der Waals surface area contributed by atoms with E-state index < -0.39 is 24.8 Å². The van der Waals surface area contributed by atoms with Gasteiger partial charge >= 0.3 is 13.6 Å². The van der Waals surface area contributed by atoms with Gasteiger partial charge in [-0.05, 0) is 23.3 Å². The highest BCUT2D eigenvalue weighted by molar-refractivity contribution is 7.53. The Labute approximate surface area is 138 Å². The molecule has 4 N–H and O–H groups in total. The molecule has 0 bridgehead atoms. The van der Waals surface area contributed by atoms with Crippen molar-refractivity contribution in [1.82, 2.24) is 5.32 Å². The van der Waals surface area contributed by atoms with Gasteiger partial charge in [-0.1, -0.05) is 42.5 Å². The maximum absolute atomic E-state index is 12.4. The zero-order valence-corrected chi connectivity index (χ0v) is 13.6. The Bertz CT molecular complexity index is 816. The highest BCUT2D eigenvalue weighted by atomic mass is 31.2. The number of aromatic carboxylic acids is 1. The quantitative estimate of drug-likeness (QED) is 0.611. The van der Waals surface area contributed by atoms with E-state index in [1.807, 2.05) is 0 Å². The molecule has 0 spiro atoms. The summed E-state index contributed by atoms with van der Waals surface area (Å²) in [6.07, 6.45) is 0. The lowest BCUT2D eigenvalue weighted by Gasteiger charge is -2.36. The Kier molecular flexibility index (Phi) is 4.89. The molecule has 7 nitrogen and oxygen atoms in total. The molecule has 0 aliphatic rings. The second kappa shape index (κ2) is 6.57. The third-order valence-corrected chi connectivity index (χ3v) is 5.01. The van der Waals surface area contributed by atoms with Crippen LogP contribution in [0.25, 0.3) is 0 Å². The van der Waals surface area contributed by atoms with Crippen LogP contribution in [0.4, 0.5) is 0 Å². The molecule has 1 unspecified atom stereocenters. The first-order valence-electron chi connectivity index (χ1n) is 6.92. The number of amides is 1. The SMILES string of the molecule is CC(=O)NC(c1ccccc1)(c1cccc(C(=O)O)c1)P(=O)(O)O. The highest BCUT2D eigenvalue weighted by Gasteiger charge is 2.51. The Morgan fingerprint density at radius 2 is 1.58 bits per heavy atom. The van der Waals surface area contributed by atoms with Crippen LogP contribution in [0.3, 0.4) is 0 Å². The third kappa shape index (κ3) is 3.23. The molecular formula is C16H16NO6P. The van der Waals surface area contributed by atoms with Crippen LogP contribution in [-0.2, 0) is 14.6 Å². The summed E-state index contributed by atoms with van der Waals surface area (Å²) in [6, 6.07) is 12.9. The van der Waals surface area contributed by atoms with Crippen molar-refractivity contribution in [2.45, 2.75) is 12.2 Å². The predicted octanol–water partition coefficient (Wildman–Crippen LogP) is 1.90. The average molecular weight is 349 g/mol. The van der Waals surface area contributed by atoms with Crippen molar-refractivity contribution in [3.05, 3.63) is 71.3 Å². The average Bonchev–Trinajstić information content (AvgIpc) is 2.52. The van der Waals surface area contributed by atoms with E-state index in [0.717, 1.165) is 13.0 Å². The summed E-state index contributed by atoms with van der Waals surface area (Å²) in [6.45, 7) is 1.13. The van der Waals surface area contributed by atoms with Crippen molar-refractivity contribution in [2.24, 2.45) is 0 Å². The molecule has 0 heterocycles. The minimum Gasteiger partial charge on any atom is -0.478 e. The fourth-order valence-corrected chi connectivity index (χ4v) is 3.80. The van der Waals surface area contributed by atoms with Crippen LogP contribution in [0.5, 0.6) is 0 Å². The third-order valence-electron chi connectivity index (χ3n) is 3.51. The number of carbonyl (C=O) groups excluding carboxylic acids is 1. The summed E-state index contributed by atoms with van der Waals surface area (Å²) < 4.78 is 12.4. The zero-order valence-electron chi connectivity index (χ0n) is 12.7. The molecular weight excluding hydrogens is 333 g/mol. The van der Waals surface area contributed by atoms with Gasteiger partial charge in [0.2, 0.25) is 5.91 Å². The molecule has 0 fully saturated rings. The molecule has 0 aliphatic carbocycles. The van der Waals surface area contributed by atoms with Gasteiger partial charge in [-0.15, -0.1) is 0 Å². The van der Waals surface area contributed by atoms with Gasteiger partial charge in [0.25, 0.3) is 0 Å². The van der Waals surface area contributed by atoms with Crippen LogP contribution in [0.1, 0.15) is 28.4 Å². The second-order valence-electron chi connectivity index (χ2n) is 5.19. The van der Waals surface area contributed by atoms with Gasteiger partial charge in [0.15, 0.2) is 5.28 Å². The minimum atomic E-state index is -4.98. The van der Waals surface area contributed by atoms with Crippen LogP contribution in [-0.4, -0.2) is 26.8 Å². The molecule has 0 radical (unpaired) electrons. The van der Waals surface area contributed by atoms with Crippen molar-refractivity contribution >= 4 is 19.5 Å². The van der Waals surface area contributed by atoms with E-state index in [1.165, 1.54) is 30.3 Å². The number of nitrogens with one attached hydrogen (secondary N) is 1. The van der Waals surface area contributed by atoms with Gasteiger partial charge < -0.3 is 20.2 Å². The fourth-order valence-electron chi connectivity index (χ4n) is 2.53. The van der Waals surface area contributed by atoms with E-state index in [9.17, 15) is 23.9 Å². The normalized spacial score (nSPS) is 13.8. The van der Waals surface area contributed by atoms with Crippen molar-refractivity contribution in [3.8, 4) is 0 Å². The van der Waals surface area contributed by atoms with Gasteiger partial charge in [-0.25, -0.2) is 4.79 Å². The lowest BCUT2D eigenvalue weighted by molar-refractivity contribution is -0.120. The van der Waals surface area contributed by atoms with E-state index in [1.54, 1.807) is 18.2 Å². The molecule has 2 rings (SSSR count). The summed E-state index contributed by atoms with van der Waals surface area (Å²) in [5, 5.41) is 9.31. The maximum Gasteiger partial charge on any atom is 0.359 e. The van der Waals surface area contributed by atoms with Crippen molar-refractivity contribution in [2.75, 3.05) is 0 Å². The van der Waals surface area contributed by atoms with E-state index in [2.05, 4.69) is 5.32 Å². The second-order valence-corrected chi connectivity index (χ2v) is 6.95. The fraction of sp³-hybridized carbons (Fsp3) is 0.125. The Morgan fingerprint density at radius 3 is 2.08 bits per heavy atom. The van der Waals surface area contributed by atoms with Crippen LogP contribution in [0.15, 0.2) is 54.6 Å². The number of rotatable bonds is 5. The first kappa shape index (κ1) is 17.9. The van der Waals surface area contributed by atoms with E-state index >= 15 is 0 Å². The topological polar surface area (TPSA) is 124 Å². The van der Waals surface area contributed by atoms with Crippen LogP contribution < -0.4 is 5.32 Å².